The van der Waals surface area contributed by atoms with Crippen molar-refractivity contribution in [3.63, 3.8) is 0 Å². The number of ether oxygens (including phenoxy) is 2. The van der Waals surface area contributed by atoms with Gasteiger partial charge in [-0.2, -0.15) is 0 Å². The zero-order valence-electron chi connectivity index (χ0n) is 18.3. The van der Waals surface area contributed by atoms with Gasteiger partial charge in [0, 0.05) is 15.8 Å². The van der Waals surface area contributed by atoms with Crippen LogP contribution in [0.5, 0.6) is 0 Å². The van der Waals surface area contributed by atoms with Gasteiger partial charge in [0.05, 0.1) is 17.7 Å². The second kappa shape index (κ2) is 10.6. The molecule has 0 fully saturated rings. The number of para-hydroxylation sites is 1. The van der Waals surface area contributed by atoms with Crippen LogP contribution in [-0.4, -0.2) is 40.1 Å². The third-order valence-corrected chi connectivity index (χ3v) is 6.36. The van der Waals surface area contributed by atoms with E-state index in [-0.39, 0.29) is 12.2 Å². The van der Waals surface area contributed by atoms with E-state index in [9.17, 15) is 19.8 Å². The van der Waals surface area contributed by atoms with Gasteiger partial charge in [-0.3, -0.25) is 0 Å². The lowest BCUT2D eigenvalue weighted by Gasteiger charge is -2.18. The smallest absolute Gasteiger partial charge is 0.419 e. The fourth-order valence-corrected chi connectivity index (χ4v) is 4.72. The van der Waals surface area contributed by atoms with Gasteiger partial charge < -0.3 is 19.7 Å². The van der Waals surface area contributed by atoms with Crippen molar-refractivity contribution in [2.75, 3.05) is 7.11 Å². The zero-order chi connectivity index (χ0) is 24.1. The second-order valence-corrected chi connectivity index (χ2v) is 8.50. The molecule has 0 radical (unpaired) electrons. The molecule has 0 unspecified atom stereocenters. The van der Waals surface area contributed by atoms with Crippen LogP contribution in [-0.2, 0) is 20.9 Å². The van der Waals surface area contributed by atoms with Crippen molar-refractivity contribution in [1.29, 1.82) is 0 Å². The molecular weight excluding hydrogens is 454 g/mol. The van der Waals surface area contributed by atoms with Crippen LogP contribution >= 0.6 is 11.8 Å². The Kier molecular flexibility index (Phi) is 7.32. The summed E-state index contributed by atoms with van der Waals surface area (Å²) in [6.45, 7) is 0.0598. The lowest BCUT2D eigenvalue weighted by Crippen LogP contribution is -2.29. The number of aliphatic hydroxyl groups is 2. The molecule has 4 rings (SSSR count). The molecule has 0 saturated heterocycles. The molecule has 7 nitrogen and oxygen atoms in total. The van der Waals surface area contributed by atoms with E-state index >= 15 is 0 Å². The van der Waals surface area contributed by atoms with Crippen LogP contribution in [0.3, 0.4) is 0 Å². The molecule has 0 amide bonds. The van der Waals surface area contributed by atoms with Gasteiger partial charge in [0.15, 0.2) is 6.10 Å². The van der Waals surface area contributed by atoms with Crippen molar-refractivity contribution in [2.24, 2.45) is 0 Å². The molecule has 1 heterocycles. The summed E-state index contributed by atoms with van der Waals surface area (Å²) in [5.41, 5.74) is 1.54. The minimum absolute atomic E-state index is 0.0598. The highest BCUT2D eigenvalue weighted by atomic mass is 32.2. The molecule has 34 heavy (non-hydrogen) atoms. The first-order chi connectivity index (χ1) is 16.5. The van der Waals surface area contributed by atoms with Crippen molar-refractivity contribution >= 4 is 34.7 Å². The van der Waals surface area contributed by atoms with E-state index in [1.54, 1.807) is 24.3 Å². The Morgan fingerprint density at radius 1 is 0.912 bits per heavy atom. The lowest BCUT2D eigenvalue weighted by atomic mass is 10.0. The zero-order valence-corrected chi connectivity index (χ0v) is 19.1. The van der Waals surface area contributed by atoms with Crippen LogP contribution in [0.4, 0.5) is 4.79 Å². The van der Waals surface area contributed by atoms with Crippen LogP contribution in [0.15, 0.2) is 94.9 Å². The summed E-state index contributed by atoms with van der Waals surface area (Å²) in [7, 11) is 1.13. The van der Waals surface area contributed by atoms with Crippen LogP contribution in [0.2, 0.25) is 0 Å². The van der Waals surface area contributed by atoms with Crippen LogP contribution in [0.1, 0.15) is 17.2 Å². The van der Waals surface area contributed by atoms with Gasteiger partial charge in [-0.05, 0) is 23.8 Å². The molecule has 2 atom stereocenters. The minimum Gasteiger partial charge on any atom is -0.467 e. The van der Waals surface area contributed by atoms with Crippen molar-refractivity contribution in [2.45, 2.75) is 28.7 Å². The number of nitrogens with zero attached hydrogens (tertiary/aromatic N) is 1. The lowest BCUT2D eigenvalue weighted by molar-refractivity contribution is -0.156. The fourth-order valence-electron chi connectivity index (χ4n) is 3.60. The van der Waals surface area contributed by atoms with Gasteiger partial charge in [-0.15, -0.1) is 0 Å². The predicted octanol–water partition coefficient (Wildman–Crippen LogP) is 4.54. The van der Waals surface area contributed by atoms with Gasteiger partial charge in [0.25, 0.3) is 0 Å². The van der Waals surface area contributed by atoms with E-state index in [0.29, 0.717) is 15.9 Å². The summed E-state index contributed by atoms with van der Waals surface area (Å²) in [6, 6.07) is 25.5. The molecule has 8 heteroatoms. The van der Waals surface area contributed by atoms with Gasteiger partial charge in [-0.25, -0.2) is 14.2 Å². The first-order valence-corrected chi connectivity index (χ1v) is 11.3. The Morgan fingerprint density at radius 3 is 2.21 bits per heavy atom. The molecular formula is C26H23NO6S. The Balaban J connectivity index is 1.83. The van der Waals surface area contributed by atoms with E-state index in [2.05, 4.69) is 4.74 Å². The van der Waals surface area contributed by atoms with Crippen molar-refractivity contribution in [3.05, 3.63) is 96.1 Å². The van der Waals surface area contributed by atoms with Crippen molar-refractivity contribution in [3.8, 4) is 0 Å². The SMILES string of the molecule is COC(=O)[C@H](O)[C@@H](O)c1c(Sc2ccccc2)n(C(=O)OCc2ccccc2)c2ccccc12. The van der Waals surface area contributed by atoms with E-state index < -0.39 is 24.3 Å². The fraction of sp³-hybridized carbons (Fsp3) is 0.154. The second-order valence-electron chi connectivity index (χ2n) is 7.44. The number of fused-ring (bicyclic) bond motifs is 1. The molecule has 0 aliphatic heterocycles. The number of methoxy groups -OCH3 is 1. The summed E-state index contributed by atoms with van der Waals surface area (Å²) in [5.74, 6) is -0.980. The highest BCUT2D eigenvalue weighted by Gasteiger charge is 2.34. The maximum Gasteiger partial charge on any atom is 0.419 e. The largest absolute Gasteiger partial charge is 0.467 e. The number of carbonyl (C=O) groups excluding carboxylic acids is 2. The molecule has 0 bridgehead atoms. The van der Waals surface area contributed by atoms with Gasteiger partial charge in [-0.1, -0.05) is 78.5 Å². The number of aromatic nitrogens is 1. The first-order valence-electron chi connectivity index (χ1n) is 10.5. The quantitative estimate of drug-likeness (QED) is 0.377. The number of hydrogen-bond acceptors (Lipinski definition) is 7. The standard InChI is InChI=1S/C26H23NO6S/c1-32-25(30)23(29)22(28)21-19-14-8-9-15-20(19)27(24(21)34-18-12-6-3-7-13-18)26(31)33-16-17-10-4-2-5-11-17/h2-15,22-23,28-29H,16H2,1H3/t22-,23+/m0/s1. The number of carbonyl (C=O) groups is 2. The van der Waals surface area contributed by atoms with Crippen LogP contribution in [0.25, 0.3) is 10.9 Å². The number of hydrogen-bond donors (Lipinski definition) is 2. The molecule has 4 aromatic rings. The first kappa shape index (κ1) is 23.6. The Labute approximate surface area is 200 Å². The van der Waals surface area contributed by atoms with Crippen molar-refractivity contribution in [1.82, 2.24) is 4.57 Å². The Morgan fingerprint density at radius 2 is 1.53 bits per heavy atom. The third kappa shape index (κ3) is 4.84. The highest BCUT2D eigenvalue weighted by Crippen LogP contribution is 2.41. The summed E-state index contributed by atoms with van der Waals surface area (Å²) >= 11 is 1.22. The van der Waals surface area contributed by atoms with E-state index in [1.165, 1.54) is 16.3 Å². The highest BCUT2D eigenvalue weighted by molar-refractivity contribution is 7.99. The maximum absolute atomic E-state index is 13.3. The molecule has 3 aromatic carbocycles. The third-order valence-electron chi connectivity index (χ3n) is 5.25. The van der Waals surface area contributed by atoms with E-state index in [0.717, 1.165) is 17.6 Å². The van der Waals surface area contributed by atoms with E-state index in [1.807, 2.05) is 60.7 Å². The Hall–Kier alpha value is -3.59. The van der Waals surface area contributed by atoms with Crippen molar-refractivity contribution < 1.29 is 29.3 Å². The topological polar surface area (TPSA) is 98.0 Å². The number of rotatable bonds is 7. The van der Waals surface area contributed by atoms with Crippen LogP contribution in [0, 0.1) is 0 Å². The molecule has 0 aliphatic rings. The van der Waals surface area contributed by atoms with Gasteiger partial charge >= 0.3 is 12.1 Å². The Bertz CT molecular complexity index is 1290. The predicted molar refractivity (Wildman–Crippen MR) is 128 cm³/mol. The molecule has 2 N–H and O–H groups in total. The number of esters is 1. The molecule has 174 valence electrons. The molecule has 1 aromatic heterocycles. The maximum atomic E-state index is 13.3. The van der Waals surface area contributed by atoms with E-state index in [4.69, 9.17) is 4.74 Å². The minimum atomic E-state index is -1.83. The average molecular weight is 478 g/mol. The van der Waals surface area contributed by atoms with Gasteiger partial charge in [0.2, 0.25) is 0 Å². The summed E-state index contributed by atoms with van der Waals surface area (Å²) in [5, 5.41) is 22.3. The van der Waals surface area contributed by atoms with Gasteiger partial charge in [0.1, 0.15) is 12.7 Å². The normalized spacial score (nSPS) is 12.8. The molecule has 0 saturated carbocycles. The number of benzene rings is 3. The summed E-state index contributed by atoms with van der Waals surface area (Å²) in [4.78, 5) is 26.1. The number of aliphatic hydroxyl groups excluding tert-OH is 2. The summed E-state index contributed by atoms with van der Waals surface area (Å²) < 4.78 is 11.6. The molecule has 0 aliphatic carbocycles. The molecule has 0 spiro atoms. The summed E-state index contributed by atoms with van der Waals surface area (Å²) in [6.07, 6.45) is -4.11. The monoisotopic (exact) mass is 477 g/mol. The average Bonchev–Trinajstić information content (AvgIpc) is 3.20. The van der Waals surface area contributed by atoms with Crippen LogP contribution < -0.4 is 0 Å².